The van der Waals surface area contributed by atoms with E-state index in [2.05, 4.69) is 15.4 Å². The van der Waals surface area contributed by atoms with Crippen LogP contribution in [-0.4, -0.2) is 41.5 Å². The van der Waals surface area contributed by atoms with Crippen LogP contribution in [0.2, 0.25) is 5.02 Å². The summed E-state index contributed by atoms with van der Waals surface area (Å²) in [7, 11) is 3.02. The fraction of sp³-hybridized carbons (Fsp3) is 0.138. The second-order valence-electron chi connectivity index (χ2n) is 8.55. The summed E-state index contributed by atoms with van der Waals surface area (Å²) in [6.07, 6.45) is 2.99. The van der Waals surface area contributed by atoms with Gasteiger partial charge in [0, 0.05) is 29.4 Å². The molecule has 1 N–H and O–H groups in total. The maximum atomic E-state index is 15.1. The van der Waals surface area contributed by atoms with Crippen LogP contribution in [0.1, 0.15) is 17.4 Å². The minimum Gasteiger partial charge on any atom is -0.493 e. The molecule has 2 heterocycles. The van der Waals surface area contributed by atoms with Crippen LogP contribution >= 0.6 is 11.6 Å². The van der Waals surface area contributed by atoms with E-state index in [9.17, 15) is 9.18 Å². The zero-order valence-corrected chi connectivity index (χ0v) is 22.8. The Labute approximate surface area is 238 Å². The number of halogens is 3. The molecule has 0 atom stereocenters. The van der Waals surface area contributed by atoms with Crippen molar-refractivity contribution in [3.05, 3.63) is 89.3 Å². The predicted molar refractivity (Wildman–Crippen MR) is 149 cm³/mol. The first-order valence-corrected chi connectivity index (χ1v) is 12.7. The Kier molecular flexibility index (Phi) is 7.88. The van der Waals surface area contributed by atoms with E-state index in [4.69, 9.17) is 30.5 Å². The van der Waals surface area contributed by atoms with Crippen LogP contribution in [0.15, 0.2) is 67.0 Å². The first kappa shape index (κ1) is 27.7. The van der Waals surface area contributed by atoms with E-state index in [-0.39, 0.29) is 34.5 Å². The number of hydrogen-bond donors (Lipinski definition) is 1. The number of carbonyl (C=O) groups excluding carboxylic acids is 1. The Morgan fingerprint density at radius 1 is 0.951 bits per heavy atom. The number of methoxy groups -OCH3 is 2. The average molecular weight is 581 g/mol. The molecule has 2 aromatic heterocycles. The quantitative estimate of drug-likeness (QED) is 0.204. The van der Waals surface area contributed by atoms with E-state index in [1.165, 1.54) is 55.6 Å². The molecule has 0 aliphatic carbocycles. The first-order valence-electron chi connectivity index (χ1n) is 12.3. The summed E-state index contributed by atoms with van der Waals surface area (Å²) in [5, 5.41) is 7.56. The summed E-state index contributed by atoms with van der Waals surface area (Å²) >= 11 is 6.15. The van der Waals surface area contributed by atoms with Gasteiger partial charge in [0.15, 0.2) is 34.5 Å². The van der Waals surface area contributed by atoms with Crippen molar-refractivity contribution in [1.82, 2.24) is 14.8 Å². The highest BCUT2D eigenvalue weighted by atomic mass is 35.5. The first-order chi connectivity index (χ1) is 19.8. The third-order valence-electron chi connectivity index (χ3n) is 5.97. The Morgan fingerprint density at radius 2 is 1.73 bits per heavy atom. The highest BCUT2D eigenvalue weighted by molar-refractivity contribution is 6.32. The molecule has 5 aromatic rings. The number of carbonyl (C=O) groups is 1. The molecule has 0 bridgehead atoms. The van der Waals surface area contributed by atoms with Gasteiger partial charge in [0.25, 0.3) is 5.91 Å². The van der Waals surface area contributed by atoms with Crippen molar-refractivity contribution in [1.29, 1.82) is 0 Å². The molecule has 1 amide bonds. The van der Waals surface area contributed by atoms with E-state index < -0.39 is 17.5 Å². The maximum Gasteiger partial charge on any atom is 0.280 e. The molecule has 0 aliphatic heterocycles. The number of rotatable bonds is 9. The monoisotopic (exact) mass is 580 g/mol. The molecule has 0 fully saturated rings. The van der Waals surface area contributed by atoms with Gasteiger partial charge in [0.05, 0.1) is 43.3 Å². The van der Waals surface area contributed by atoms with Crippen LogP contribution in [0, 0.1) is 11.6 Å². The lowest BCUT2D eigenvalue weighted by Crippen LogP contribution is -2.14. The highest BCUT2D eigenvalue weighted by Crippen LogP contribution is 2.37. The number of nitrogens with zero attached hydrogens (tertiary/aromatic N) is 3. The second kappa shape index (κ2) is 11.7. The maximum absolute atomic E-state index is 15.1. The van der Waals surface area contributed by atoms with E-state index >= 15 is 4.39 Å². The van der Waals surface area contributed by atoms with Gasteiger partial charge < -0.3 is 24.3 Å². The summed E-state index contributed by atoms with van der Waals surface area (Å²) in [5.74, 6) is -0.487. The Hall–Kier alpha value is -4.90. The molecule has 210 valence electrons. The zero-order chi connectivity index (χ0) is 29.1. The number of fused-ring (bicyclic) bond motifs is 1. The summed E-state index contributed by atoms with van der Waals surface area (Å²) in [6, 6.07) is 12.8. The largest absolute Gasteiger partial charge is 0.493 e. The molecule has 0 radical (unpaired) electrons. The molecule has 0 saturated carbocycles. The van der Waals surface area contributed by atoms with Crippen molar-refractivity contribution < 1.29 is 32.5 Å². The summed E-state index contributed by atoms with van der Waals surface area (Å²) in [5.41, 5.74) is 1.000. The van der Waals surface area contributed by atoms with Gasteiger partial charge in [0.2, 0.25) is 0 Å². The number of hydrogen-bond acceptors (Lipinski definition) is 7. The molecular weight excluding hydrogens is 558 g/mol. The van der Waals surface area contributed by atoms with Crippen molar-refractivity contribution in [2.45, 2.75) is 6.92 Å². The van der Waals surface area contributed by atoms with Crippen LogP contribution in [0.3, 0.4) is 0 Å². The van der Waals surface area contributed by atoms with E-state index in [0.29, 0.717) is 33.8 Å². The molecule has 5 rings (SSSR count). The molecule has 41 heavy (non-hydrogen) atoms. The number of pyridine rings is 1. The summed E-state index contributed by atoms with van der Waals surface area (Å²) < 4.78 is 52.0. The van der Waals surface area contributed by atoms with Crippen molar-refractivity contribution >= 4 is 34.1 Å². The Balaban J connectivity index is 1.39. The lowest BCUT2D eigenvalue weighted by atomic mass is 10.2. The minimum atomic E-state index is -0.720. The average Bonchev–Trinajstić information content (AvgIpc) is 3.37. The van der Waals surface area contributed by atoms with Crippen LogP contribution in [0.5, 0.6) is 28.7 Å². The van der Waals surface area contributed by atoms with Crippen LogP contribution < -0.4 is 24.3 Å². The predicted octanol–water partition coefficient (Wildman–Crippen LogP) is 6.81. The van der Waals surface area contributed by atoms with Gasteiger partial charge in [0.1, 0.15) is 11.6 Å². The lowest BCUT2D eigenvalue weighted by Gasteiger charge is -2.13. The van der Waals surface area contributed by atoms with E-state index in [0.717, 1.165) is 12.1 Å². The van der Waals surface area contributed by atoms with Gasteiger partial charge >= 0.3 is 0 Å². The molecular formula is C29H23ClF2N4O5. The summed E-state index contributed by atoms with van der Waals surface area (Å²) in [6.45, 7) is 2.00. The smallest absolute Gasteiger partial charge is 0.280 e. The fourth-order valence-corrected chi connectivity index (χ4v) is 4.33. The third kappa shape index (κ3) is 5.71. The van der Waals surface area contributed by atoms with E-state index in [1.54, 1.807) is 25.1 Å². The Morgan fingerprint density at radius 3 is 2.44 bits per heavy atom. The van der Waals surface area contributed by atoms with Crippen LogP contribution in [0.25, 0.3) is 16.6 Å². The number of ether oxygens (including phenoxy) is 4. The number of aromatic nitrogens is 3. The number of anilines is 1. The van der Waals surface area contributed by atoms with Crippen molar-refractivity contribution in [2.24, 2.45) is 0 Å². The van der Waals surface area contributed by atoms with Gasteiger partial charge in [-0.2, -0.15) is 5.10 Å². The standard InChI is InChI=1S/C29H23ClF2N4O5/c1-4-40-27-15-36(22-7-5-16(31)11-19(22)30)35-28(27)29(37)34-17-6-8-24(20(32)12-17)41-23-9-10-33-21-14-26(39-3)25(38-2)13-18(21)23/h5-15H,4H2,1-3H3,(H,34,37). The van der Waals surface area contributed by atoms with Crippen LogP contribution in [-0.2, 0) is 0 Å². The lowest BCUT2D eigenvalue weighted by molar-refractivity contribution is 0.101. The number of amides is 1. The number of benzene rings is 3. The zero-order valence-electron chi connectivity index (χ0n) is 22.1. The molecule has 0 aliphatic rings. The molecule has 9 nitrogen and oxygen atoms in total. The van der Waals surface area contributed by atoms with Crippen LogP contribution in [0.4, 0.5) is 14.5 Å². The molecule has 12 heteroatoms. The van der Waals surface area contributed by atoms with Gasteiger partial charge in [-0.3, -0.25) is 9.78 Å². The fourth-order valence-electron chi connectivity index (χ4n) is 4.07. The SMILES string of the molecule is CCOc1cn(-c2ccc(F)cc2Cl)nc1C(=O)Nc1ccc(Oc2ccnc3cc(OC)c(OC)cc23)c(F)c1. The van der Waals surface area contributed by atoms with E-state index in [1.807, 2.05) is 0 Å². The van der Waals surface area contributed by atoms with Gasteiger partial charge in [-0.15, -0.1) is 0 Å². The molecule has 0 saturated heterocycles. The summed E-state index contributed by atoms with van der Waals surface area (Å²) in [4.78, 5) is 17.4. The third-order valence-corrected chi connectivity index (χ3v) is 6.27. The minimum absolute atomic E-state index is 0.0689. The second-order valence-corrected chi connectivity index (χ2v) is 8.96. The number of nitrogens with one attached hydrogen (secondary N) is 1. The highest BCUT2D eigenvalue weighted by Gasteiger charge is 2.21. The normalized spacial score (nSPS) is 10.9. The van der Waals surface area contributed by atoms with Crippen molar-refractivity contribution in [3.63, 3.8) is 0 Å². The topological polar surface area (TPSA) is 96.7 Å². The van der Waals surface area contributed by atoms with Crippen molar-refractivity contribution in [2.75, 3.05) is 26.1 Å². The van der Waals surface area contributed by atoms with Crippen molar-refractivity contribution in [3.8, 4) is 34.4 Å². The molecule has 0 spiro atoms. The van der Waals surface area contributed by atoms with Gasteiger partial charge in [-0.25, -0.2) is 13.5 Å². The Bertz CT molecular complexity index is 1760. The molecule has 0 unspecified atom stereocenters. The molecule has 3 aromatic carbocycles. The van der Waals surface area contributed by atoms with Gasteiger partial charge in [-0.1, -0.05) is 11.6 Å². The van der Waals surface area contributed by atoms with Gasteiger partial charge in [-0.05, 0) is 49.4 Å².